The van der Waals surface area contributed by atoms with E-state index in [9.17, 15) is 0 Å². The summed E-state index contributed by atoms with van der Waals surface area (Å²) in [5.41, 5.74) is 2.27. The quantitative estimate of drug-likeness (QED) is 0.785. The molecule has 0 aliphatic rings. The summed E-state index contributed by atoms with van der Waals surface area (Å²) in [6, 6.07) is 16.3. The van der Waals surface area contributed by atoms with Crippen LogP contribution in [0.4, 0.5) is 5.82 Å². The molecule has 2 heterocycles. The molecular weight excluding hydrogens is 248 g/mol. The molecule has 3 rings (SSSR count). The second-order valence-electron chi connectivity index (χ2n) is 4.62. The smallest absolute Gasteiger partial charge is 0.126 e. The minimum absolute atomic E-state index is 0.205. The summed E-state index contributed by atoms with van der Waals surface area (Å²) in [7, 11) is 0. The van der Waals surface area contributed by atoms with Gasteiger partial charge in [0.1, 0.15) is 5.82 Å². The molecule has 0 saturated carbocycles. The van der Waals surface area contributed by atoms with Gasteiger partial charge in [-0.3, -0.25) is 0 Å². The number of hydrogen-bond acceptors (Lipinski definition) is 3. The average molecular weight is 264 g/mol. The Morgan fingerprint density at radius 3 is 2.50 bits per heavy atom. The first-order chi connectivity index (χ1) is 9.83. The fraction of sp³-hybridized carbons (Fsp3) is 0.125. The molecule has 0 aliphatic heterocycles. The van der Waals surface area contributed by atoms with Crippen molar-refractivity contribution in [3.8, 4) is 5.69 Å². The van der Waals surface area contributed by atoms with E-state index in [1.165, 1.54) is 5.56 Å². The van der Waals surface area contributed by atoms with Crippen LogP contribution in [0.1, 0.15) is 18.5 Å². The number of aromatic nitrogens is 3. The lowest BCUT2D eigenvalue weighted by Gasteiger charge is -2.15. The maximum atomic E-state index is 4.28. The van der Waals surface area contributed by atoms with Crippen molar-refractivity contribution in [1.29, 1.82) is 0 Å². The van der Waals surface area contributed by atoms with Crippen molar-refractivity contribution in [2.75, 3.05) is 5.32 Å². The molecule has 1 N–H and O–H groups in total. The van der Waals surface area contributed by atoms with Crippen LogP contribution in [-0.4, -0.2) is 14.8 Å². The van der Waals surface area contributed by atoms with E-state index >= 15 is 0 Å². The number of hydrogen-bond donors (Lipinski definition) is 1. The predicted molar refractivity (Wildman–Crippen MR) is 79.8 cm³/mol. The van der Waals surface area contributed by atoms with E-state index < -0.39 is 0 Å². The summed E-state index contributed by atoms with van der Waals surface area (Å²) < 4.78 is 1.85. The van der Waals surface area contributed by atoms with Crippen LogP contribution in [0.2, 0.25) is 0 Å². The molecule has 4 nitrogen and oxygen atoms in total. The lowest BCUT2D eigenvalue weighted by Crippen LogP contribution is -2.07. The average Bonchev–Trinajstić information content (AvgIpc) is 3.03. The lowest BCUT2D eigenvalue weighted by molar-refractivity contribution is 0.859. The van der Waals surface area contributed by atoms with Crippen LogP contribution in [0, 0.1) is 0 Å². The van der Waals surface area contributed by atoms with Crippen LogP contribution in [-0.2, 0) is 0 Å². The van der Waals surface area contributed by atoms with E-state index in [0.717, 1.165) is 11.5 Å². The fourth-order valence-electron chi connectivity index (χ4n) is 2.09. The second kappa shape index (κ2) is 5.57. The molecule has 100 valence electrons. The Morgan fingerprint density at radius 1 is 1.00 bits per heavy atom. The van der Waals surface area contributed by atoms with E-state index in [1.54, 1.807) is 12.4 Å². The summed E-state index contributed by atoms with van der Waals surface area (Å²) >= 11 is 0. The summed E-state index contributed by atoms with van der Waals surface area (Å²) in [6.45, 7) is 2.12. The lowest BCUT2D eigenvalue weighted by atomic mass is 10.1. The molecule has 3 aromatic rings. The molecule has 0 aliphatic carbocycles. The van der Waals surface area contributed by atoms with E-state index in [1.807, 2.05) is 35.1 Å². The van der Waals surface area contributed by atoms with Gasteiger partial charge in [-0.1, -0.05) is 18.2 Å². The molecule has 1 unspecified atom stereocenters. The monoisotopic (exact) mass is 264 g/mol. The molecule has 0 amide bonds. The van der Waals surface area contributed by atoms with Gasteiger partial charge in [-0.25, -0.2) is 9.67 Å². The zero-order chi connectivity index (χ0) is 13.8. The Labute approximate surface area is 118 Å². The minimum Gasteiger partial charge on any atom is -0.364 e. The first-order valence-electron chi connectivity index (χ1n) is 6.60. The largest absolute Gasteiger partial charge is 0.364 e. The predicted octanol–water partition coefficient (Wildman–Crippen LogP) is 3.44. The maximum Gasteiger partial charge on any atom is 0.126 e. The van der Waals surface area contributed by atoms with Crippen molar-refractivity contribution >= 4 is 5.82 Å². The molecule has 1 atom stereocenters. The van der Waals surface area contributed by atoms with Crippen molar-refractivity contribution in [3.63, 3.8) is 0 Å². The Kier molecular flexibility index (Phi) is 3.46. The summed E-state index contributed by atoms with van der Waals surface area (Å²) in [5.74, 6) is 0.885. The SMILES string of the molecule is CC(Nc1ccccn1)c1ccc(-n2cccn2)cc1. The van der Waals surface area contributed by atoms with Crippen LogP contribution < -0.4 is 5.32 Å². The second-order valence-corrected chi connectivity index (χ2v) is 4.62. The molecular formula is C16H16N4. The maximum absolute atomic E-state index is 4.28. The highest BCUT2D eigenvalue weighted by atomic mass is 15.3. The molecule has 4 heteroatoms. The molecule has 1 aromatic carbocycles. The van der Waals surface area contributed by atoms with Crippen LogP contribution in [0.5, 0.6) is 0 Å². The third-order valence-electron chi connectivity index (χ3n) is 3.19. The number of benzene rings is 1. The van der Waals surface area contributed by atoms with Gasteiger partial charge in [-0.05, 0) is 42.8 Å². The third kappa shape index (κ3) is 2.69. The van der Waals surface area contributed by atoms with Gasteiger partial charge in [0.15, 0.2) is 0 Å². The molecule has 0 saturated heterocycles. The normalized spacial score (nSPS) is 12.1. The zero-order valence-electron chi connectivity index (χ0n) is 11.3. The number of pyridine rings is 1. The van der Waals surface area contributed by atoms with Crippen molar-refractivity contribution in [1.82, 2.24) is 14.8 Å². The van der Waals surface area contributed by atoms with Gasteiger partial charge in [0, 0.05) is 24.6 Å². The Morgan fingerprint density at radius 2 is 1.85 bits per heavy atom. The number of rotatable bonds is 4. The first kappa shape index (κ1) is 12.4. The highest BCUT2D eigenvalue weighted by Gasteiger charge is 2.06. The van der Waals surface area contributed by atoms with Gasteiger partial charge >= 0.3 is 0 Å². The molecule has 0 radical (unpaired) electrons. The Hall–Kier alpha value is -2.62. The highest BCUT2D eigenvalue weighted by molar-refractivity contribution is 5.40. The van der Waals surface area contributed by atoms with E-state index in [0.29, 0.717) is 0 Å². The van der Waals surface area contributed by atoms with E-state index in [4.69, 9.17) is 0 Å². The van der Waals surface area contributed by atoms with Gasteiger partial charge in [-0.15, -0.1) is 0 Å². The Balaban J connectivity index is 1.74. The molecule has 20 heavy (non-hydrogen) atoms. The van der Waals surface area contributed by atoms with Crippen LogP contribution in [0.15, 0.2) is 67.1 Å². The summed E-state index contributed by atoms with van der Waals surface area (Å²) in [4.78, 5) is 4.28. The van der Waals surface area contributed by atoms with Crippen molar-refractivity contribution in [2.45, 2.75) is 13.0 Å². The molecule has 2 aromatic heterocycles. The van der Waals surface area contributed by atoms with Gasteiger partial charge in [0.25, 0.3) is 0 Å². The van der Waals surface area contributed by atoms with Crippen LogP contribution in [0.3, 0.4) is 0 Å². The standard InChI is InChI=1S/C16H16N4/c1-13(19-16-5-2-3-10-17-16)14-6-8-15(9-7-14)20-12-4-11-18-20/h2-13H,1H3,(H,17,19). The van der Waals surface area contributed by atoms with Crippen molar-refractivity contribution in [2.24, 2.45) is 0 Å². The van der Waals surface area contributed by atoms with Gasteiger partial charge in [-0.2, -0.15) is 5.10 Å². The number of nitrogens with zero attached hydrogens (tertiary/aromatic N) is 3. The molecule has 0 spiro atoms. The van der Waals surface area contributed by atoms with Crippen LogP contribution in [0.25, 0.3) is 5.69 Å². The summed E-state index contributed by atoms with van der Waals surface area (Å²) in [6.07, 6.45) is 5.50. The van der Waals surface area contributed by atoms with Crippen LogP contribution >= 0.6 is 0 Å². The topological polar surface area (TPSA) is 42.7 Å². The molecule has 0 fully saturated rings. The summed E-state index contributed by atoms with van der Waals surface area (Å²) in [5, 5.41) is 7.60. The number of nitrogens with one attached hydrogen (secondary N) is 1. The number of anilines is 1. The third-order valence-corrected chi connectivity index (χ3v) is 3.19. The minimum atomic E-state index is 0.205. The van der Waals surface area contributed by atoms with Gasteiger partial charge < -0.3 is 5.32 Å². The zero-order valence-corrected chi connectivity index (χ0v) is 11.3. The van der Waals surface area contributed by atoms with Crippen molar-refractivity contribution in [3.05, 3.63) is 72.7 Å². The fourth-order valence-corrected chi connectivity index (χ4v) is 2.09. The van der Waals surface area contributed by atoms with Gasteiger partial charge in [0.2, 0.25) is 0 Å². The Bertz CT molecular complexity index is 645. The molecule has 0 bridgehead atoms. The van der Waals surface area contributed by atoms with Gasteiger partial charge in [0.05, 0.1) is 5.69 Å². The van der Waals surface area contributed by atoms with Crippen molar-refractivity contribution < 1.29 is 0 Å². The van der Waals surface area contributed by atoms with E-state index in [2.05, 4.69) is 46.6 Å². The first-order valence-corrected chi connectivity index (χ1v) is 6.60. The van der Waals surface area contributed by atoms with E-state index in [-0.39, 0.29) is 6.04 Å². The highest BCUT2D eigenvalue weighted by Crippen LogP contribution is 2.19.